The molecule has 0 saturated heterocycles. The van der Waals surface area contributed by atoms with Crippen LogP contribution in [0.25, 0.3) is 6.08 Å². The van der Waals surface area contributed by atoms with Crippen molar-refractivity contribution >= 4 is 17.8 Å². The minimum Gasteiger partial charge on any atom is -0.480 e. The summed E-state index contributed by atoms with van der Waals surface area (Å²) in [5.41, 5.74) is 1.35. The van der Waals surface area contributed by atoms with Crippen LogP contribution in [0.2, 0.25) is 0 Å². The van der Waals surface area contributed by atoms with Crippen LogP contribution in [0.15, 0.2) is 66.7 Å². The van der Waals surface area contributed by atoms with E-state index in [0.29, 0.717) is 5.56 Å². The Bertz CT molecular complexity index is 615. The van der Waals surface area contributed by atoms with E-state index >= 15 is 0 Å². The van der Waals surface area contributed by atoms with Gasteiger partial charge in [-0.3, -0.25) is 9.59 Å². The van der Waals surface area contributed by atoms with Gasteiger partial charge < -0.3 is 5.11 Å². The van der Waals surface area contributed by atoms with Gasteiger partial charge in [-0.15, -0.1) is 0 Å². The molecule has 1 N–H and O–H groups in total. The van der Waals surface area contributed by atoms with Crippen LogP contribution in [-0.2, 0) is 9.59 Å². The number of carbonyl (C=O) groups is 2. The second kappa shape index (κ2) is 6.48. The van der Waals surface area contributed by atoms with Crippen molar-refractivity contribution in [3.05, 3.63) is 77.9 Å². The molecule has 3 heteroatoms. The van der Waals surface area contributed by atoms with Gasteiger partial charge in [0.2, 0.25) is 0 Å². The third-order valence-electron chi connectivity index (χ3n) is 2.90. The van der Waals surface area contributed by atoms with Crippen LogP contribution in [0.3, 0.4) is 0 Å². The third kappa shape index (κ3) is 3.42. The maximum atomic E-state index is 12.1. The van der Waals surface area contributed by atoms with Gasteiger partial charge in [0.15, 0.2) is 5.78 Å². The van der Waals surface area contributed by atoms with Crippen molar-refractivity contribution in [1.29, 1.82) is 0 Å². The van der Waals surface area contributed by atoms with Crippen molar-refractivity contribution in [2.75, 3.05) is 0 Å². The Balaban J connectivity index is 2.21. The number of aliphatic carboxylic acids is 1. The van der Waals surface area contributed by atoms with Crippen LogP contribution in [0.4, 0.5) is 0 Å². The highest BCUT2D eigenvalue weighted by Gasteiger charge is 2.25. The van der Waals surface area contributed by atoms with E-state index in [1.165, 1.54) is 6.08 Å². The quantitative estimate of drug-likeness (QED) is 0.668. The first-order valence-electron chi connectivity index (χ1n) is 6.23. The average molecular weight is 266 g/mol. The zero-order chi connectivity index (χ0) is 14.4. The number of carboxylic acids is 1. The van der Waals surface area contributed by atoms with Gasteiger partial charge in [0.1, 0.15) is 5.92 Å². The fourth-order valence-electron chi connectivity index (χ4n) is 1.91. The fourth-order valence-corrected chi connectivity index (χ4v) is 1.91. The molecule has 1 atom stereocenters. The Morgan fingerprint density at radius 2 is 1.45 bits per heavy atom. The maximum absolute atomic E-state index is 12.1. The van der Waals surface area contributed by atoms with E-state index in [1.807, 2.05) is 30.3 Å². The second-order valence-corrected chi connectivity index (χ2v) is 4.33. The summed E-state index contributed by atoms with van der Waals surface area (Å²) in [6.07, 6.45) is 2.95. The minimum absolute atomic E-state index is 0.437. The van der Waals surface area contributed by atoms with Gasteiger partial charge in [-0.25, -0.2) is 0 Å². The summed E-state index contributed by atoms with van der Waals surface area (Å²) in [4.78, 5) is 23.4. The summed E-state index contributed by atoms with van der Waals surface area (Å²) < 4.78 is 0. The van der Waals surface area contributed by atoms with Crippen molar-refractivity contribution in [1.82, 2.24) is 0 Å². The number of hydrogen-bond acceptors (Lipinski definition) is 2. The molecule has 0 aliphatic rings. The number of ketones is 1. The number of hydrogen-bond donors (Lipinski definition) is 1. The Kier molecular flexibility index (Phi) is 4.45. The molecule has 0 fully saturated rings. The van der Waals surface area contributed by atoms with Crippen LogP contribution in [0.5, 0.6) is 0 Å². The van der Waals surface area contributed by atoms with E-state index < -0.39 is 17.7 Å². The lowest BCUT2D eigenvalue weighted by atomic mass is 9.94. The molecule has 2 aromatic carbocycles. The molecule has 2 rings (SSSR count). The van der Waals surface area contributed by atoms with Crippen LogP contribution >= 0.6 is 0 Å². The van der Waals surface area contributed by atoms with Crippen LogP contribution in [-0.4, -0.2) is 16.9 Å². The Hall–Kier alpha value is -2.68. The van der Waals surface area contributed by atoms with E-state index in [1.54, 1.807) is 36.4 Å². The number of carboxylic acid groups (broad SMARTS) is 1. The van der Waals surface area contributed by atoms with Gasteiger partial charge in [0.05, 0.1) is 0 Å². The monoisotopic (exact) mass is 266 g/mol. The highest BCUT2D eigenvalue weighted by molar-refractivity contribution is 6.10. The topological polar surface area (TPSA) is 54.4 Å². The zero-order valence-electron chi connectivity index (χ0n) is 10.8. The first kappa shape index (κ1) is 13.7. The lowest BCUT2D eigenvalue weighted by Gasteiger charge is -2.08. The summed E-state index contributed by atoms with van der Waals surface area (Å²) in [6, 6.07) is 17.8. The Labute approximate surface area is 117 Å². The first-order valence-corrected chi connectivity index (χ1v) is 6.23. The molecule has 0 bridgehead atoms. The van der Waals surface area contributed by atoms with E-state index in [-0.39, 0.29) is 0 Å². The van der Waals surface area contributed by atoms with Crippen molar-refractivity contribution in [3.8, 4) is 0 Å². The zero-order valence-corrected chi connectivity index (χ0v) is 10.8. The standard InChI is InChI=1S/C17H14O3/c18-15(12-11-13-7-3-1-4-8-13)16(17(19)20)14-9-5-2-6-10-14/h1-12,16H,(H,19,20). The number of rotatable bonds is 5. The summed E-state index contributed by atoms with van der Waals surface area (Å²) in [6.45, 7) is 0. The van der Waals surface area contributed by atoms with Crippen molar-refractivity contribution in [3.63, 3.8) is 0 Å². The summed E-state index contributed by atoms with van der Waals surface area (Å²) in [5.74, 6) is -2.73. The number of benzene rings is 2. The van der Waals surface area contributed by atoms with Crippen molar-refractivity contribution < 1.29 is 14.7 Å². The molecule has 0 aliphatic heterocycles. The predicted octanol–water partition coefficient (Wildman–Crippen LogP) is 3.14. The van der Waals surface area contributed by atoms with E-state index in [4.69, 9.17) is 0 Å². The van der Waals surface area contributed by atoms with Crippen LogP contribution in [0, 0.1) is 0 Å². The second-order valence-electron chi connectivity index (χ2n) is 4.33. The molecule has 0 aliphatic carbocycles. The van der Waals surface area contributed by atoms with Crippen LogP contribution < -0.4 is 0 Å². The molecule has 0 amide bonds. The largest absolute Gasteiger partial charge is 0.480 e. The van der Waals surface area contributed by atoms with Crippen molar-refractivity contribution in [2.24, 2.45) is 0 Å². The molecular formula is C17H14O3. The van der Waals surface area contributed by atoms with Gasteiger partial charge in [0.25, 0.3) is 0 Å². The molecule has 0 heterocycles. The SMILES string of the molecule is O=C(O)C(C(=O)C=Cc1ccccc1)c1ccccc1. The predicted molar refractivity (Wildman–Crippen MR) is 77.3 cm³/mol. The molecular weight excluding hydrogens is 252 g/mol. The Morgan fingerprint density at radius 1 is 0.900 bits per heavy atom. The lowest BCUT2D eigenvalue weighted by molar-refractivity contribution is -0.141. The first-order chi connectivity index (χ1) is 9.68. The highest BCUT2D eigenvalue weighted by atomic mass is 16.4. The van der Waals surface area contributed by atoms with E-state index in [2.05, 4.69) is 0 Å². The molecule has 0 saturated carbocycles. The minimum atomic E-state index is -1.16. The van der Waals surface area contributed by atoms with E-state index in [9.17, 15) is 14.7 Å². The van der Waals surface area contributed by atoms with Crippen LogP contribution in [0.1, 0.15) is 17.0 Å². The molecule has 0 aromatic heterocycles. The van der Waals surface area contributed by atoms with E-state index in [0.717, 1.165) is 5.56 Å². The lowest BCUT2D eigenvalue weighted by Crippen LogP contribution is -2.19. The highest BCUT2D eigenvalue weighted by Crippen LogP contribution is 2.18. The van der Waals surface area contributed by atoms with Gasteiger partial charge in [0, 0.05) is 0 Å². The maximum Gasteiger partial charge on any atom is 0.318 e. The molecule has 20 heavy (non-hydrogen) atoms. The summed E-state index contributed by atoms with van der Waals surface area (Å²) in [5, 5.41) is 9.24. The molecule has 1 unspecified atom stereocenters. The molecule has 0 spiro atoms. The van der Waals surface area contributed by atoms with Gasteiger partial charge in [-0.2, -0.15) is 0 Å². The molecule has 0 radical (unpaired) electrons. The summed E-state index contributed by atoms with van der Waals surface area (Å²) in [7, 11) is 0. The normalized spacial score (nSPS) is 12.2. The number of allylic oxidation sites excluding steroid dienone is 1. The van der Waals surface area contributed by atoms with Gasteiger partial charge in [-0.05, 0) is 17.2 Å². The average Bonchev–Trinajstić information content (AvgIpc) is 2.47. The molecule has 3 nitrogen and oxygen atoms in total. The number of carbonyl (C=O) groups excluding carboxylic acids is 1. The molecule has 2 aromatic rings. The Morgan fingerprint density at radius 3 is 2.00 bits per heavy atom. The van der Waals surface area contributed by atoms with Crippen molar-refractivity contribution in [2.45, 2.75) is 5.92 Å². The fraction of sp³-hybridized carbons (Fsp3) is 0.0588. The third-order valence-corrected chi connectivity index (χ3v) is 2.90. The smallest absolute Gasteiger partial charge is 0.318 e. The molecule has 100 valence electrons. The van der Waals surface area contributed by atoms with Gasteiger partial charge in [-0.1, -0.05) is 66.7 Å². The van der Waals surface area contributed by atoms with Gasteiger partial charge >= 0.3 is 5.97 Å². The summed E-state index contributed by atoms with van der Waals surface area (Å²) >= 11 is 0.